The van der Waals surface area contributed by atoms with Gasteiger partial charge in [-0.15, -0.1) is 0 Å². The van der Waals surface area contributed by atoms with E-state index in [1.165, 1.54) is 6.07 Å². The molecule has 0 amide bonds. The first-order valence-corrected chi connectivity index (χ1v) is 6.66. The van der Waals surface area contributed by atoms with E-state index in [1.54, 1.807) is 24.5 Å². The lowest BCUT2D eigenvalue weighted by molar-refractivity contribution is 0.0697. The molecule has 2 aromatic rings. The summed E-state index contributed by atoms with van der Waals surface area (Å²) in [5.74, 6) is -0.976. The average molecular weight is 291 g/mol. The van der Waals surface area contributed by atoms with Gasteiger partial charge in [-0.2, -0.15) is 0 Å². The van der Waals surface area contributed by atoms with Gasteiger partial charge in [0.15, 0.2) is 0 Å². The quantitative estimate of drug-likeness (QED) is 0.916. The summed E-state index contributed by atoms with van der Waals surface area (Å²) >= 11 is 6.20. The minimum Gasteiger partial charge on any atom is -0.478 e. The highest BCUT2D eigenvalue weighted by Crippen LogP contribution is 2.28. The standard InChI is InChI=1S/C15H15ClN2O2/c1-2-18(10-11-5-7-17-8-6-11)14-4-3-12(15(19)20)9-13(14)16/h3-9H,2,10H2,1H3,(H,19,20). The lowest BCUT2D eigenvalue weighted by Crippen LogP contribution is -2.22. The topological polar surface area (TPSA) is 53.4 Å². The molecule has 0 aliphatic rings. The van der Waals surface area contributed by atoms with Gasteiger partial charge in [0, 0.05) is 25.5 Å². The molecule has 104 valence electrons. The molecule has 5 heteroatoms. The number of pyridine rings is 1. The summed E-state index contributed by atoms with van der Waals surface area (Å²) in [4.78, 5) is 17.0. The molecule has 0 bridgehead atoms. The fraction of sp³-hybridized carbons (Fsp3) is 0.200. The van der Waals surface area contributed by atoms with Crippen LogP contribution in [0.3, 0.4) is 0 Å². The number of carboxylic acid groups (broad SMARTS) is 1. The van der Waals surface area contributed by atoms with Crippen molar-refractivity contribution in [3.8, 4) is 0 Å². The summed E-state index contributed by atoms with van der Waals surface area (Å²) in [6.45, 7) is 3.50. The first-order chi connectivity index (χ1) is 9.61. The maximum Gasteiger partial charge on any atom is 0.335 e. The van der Waals surface area contributed by atoms with Crippen molar-refractivity contribution in [2.75, 3.05) is 11.4 Å². The molecule has 20 heavy (non-hydrogen) atoms. The number of benzene rings is 1. The lowest BCUT2D eigenvalue weighted by atomic mass is 10.1. The summed E-state index contributed by atoms with van der Waals surface area (Å²) < 4.78 is 0. The molecule has 0 aliphatic carbocycles. The van der Waals surface area contributed by atoms with Crippen LogP contribution in [-0.2, 0) is 6.54 Å². The first kappa shape index (κ1) is 14.3. The van der Waals surface area contributed by atoms with E-state index in [4.69, 9.17) is 16.7 Å². The summed E-state index contributed by atoms with van der Waals surface area (Å²) in [6, 6.07) is 8.69. The molecule has 4 nitrogen and oxygen atoms in total. The smallest absolute Gasteiger partial charge is 0.335 e. The second-order valence-electron chi connectivity index (χ2n) is 4.34. The number of anilines is 1. The summed E-state index contributed by atoms with van der Waals surface area (Å²) in [5.41, 5.74) is 2.15. The second kappa shape index (κ2) is 6.39. The zero-order chi connectivity index (χ0) is 14.5. The minimum atomic E-state index is -0.976. The van der Waals surface area contributed by atoms with Crippen molar-refractivity contribution in [3.63, 3.8) is 0 Å². The third-order valence-corrected chi connectivity index (χ3v) is 3.34. The molecule has 0 aliphatic heterocycles. The van der Waals surface area contributed by atoms with Crippen LogP contribution >= 0.6 is 11.6 Å². The molecule has 1 aromatic heterocycles. The van der Waals surface area contributed by atoms with Crippen LogP contribution < -0.4 is 4.90 Å². The van der Waals surface area contributed by atoms with Gasteiger partial charge in [-0.05, 0) is 42.8 Å². The van der Waals surface area contributed by atoms with Crippen molar-refractivity contribution in [1.29, 1.82) is 0 Å². The molecule has 1 N–H and O–H groups in total. The Bertz CT molecular complexity index is 602. The number of hydrogen-bond acceptors (Lipinski definition) is 3. The van der Waals surface area contributed by atoms with Gasteiger partial charge in [0.25, 0.3) is 0 Å². The number of aromatic nitrogens is 1. The molecule has 2 rings (SSSR count). The van der Waals surface area contributed by atoms with Crippen molar-refractivity contribution in [3.05, 3.63) is 58.9 Å². The molecule has 0 spiro atoms. The van der Waals surface area contributed by atoms with Crippen molar-refractivity contribution >= 4 is 23.3 Å². The largest absolute Gasteiger partial charge is 0.478 e. The van der Waals surface area contributed by atoms with Crippen molar-refractivity contribution in [2.24, 2.45) is 0 Å². The highest BCUT2D eigenvalue weighted by molar-refractivity contribution is 6.33. The number of carboxylic acids is 1. The van der Waals surface area contributed by atoms with Crippen molar-refractivity contribution in [1.82, 2.24) is 4.98 Å². The Morgan fingerprint density at radius 3 is 2.55 bits per heavy atom. The van der Waals surface area contributed by atoms with Crippen LogP contribution in [0.2, 0.25) is 5.02 Å². The Balaban J connectivity index is 2.26. The molecule has 0 saturated heterocycles. The average Bonchev–Trinajstić information content (AvgIpc) is 2.46. The van der Waals surface area contributed by atoms with Gasteiger partial charge < -0.3 is 10.0 Å². The van der Waals surface area contributed by atoms with Crippen molar-refractivity contribution < 1.29 is 9.90 Å². The van der Waals surface area contributed by atoms with Crippen molar-refractivity contribution in [2.45, 2.75) is 13.5 Å². The van der Waals surface area contributed by atoms with Gasteiger partial charge in [-0.3, -0.25) is 4.98 Å². The van der Waals surface area contributed by atoms with E-state index in [0.717, 1.165) is 17.8 Å². The Labute approximate surface area is 122 Å². The van der Waals surface area contributed by atoms with E-state index < -0.39 is 5.97 Å². The Kier molecular flexibility index (Phi) is 4.58. The fourth-order valence-electron chi connectivity index (χ4n) is 1.97. The van der Waals surface area contributed by atoms with Gasteiger partial charge in [-0.1, -0.05) is 11.6 Å². The monoisotopic (exact) mass is 290 g/mol. The van der Waals surface area contributed by atoms with Gasteiger partial charge in [0.1, 0.15) is 0 Å². The van der Waals surface area contributed by atoms with Gasteiger partial charge >= 0.3 is 5.97 Å². The van der Waals surface area contributed by atoms with Crippen LogP contribution in [0.1, 0.15) is 22.8 Å². The predicted molar refractivity (Wildman–Crippen MR) is 79.4 cm³/mol. The predicted octanol–water partition coefficient (Wildman–Crippen LogP) is 3.46. The van der Waals surface area contributed by atoms with Crippen LogP contribution in [0, 0.1) is 0 Å². The number of aromatic carboxylic acids is 1. The van der Waals surface area contributed by atoms with Gasteiger partial charge in [0.05, 0.1) is 16.3 Å². The number of hydrogen-bond donors (Lipinski definition) is 1. The zero-order valence-electron chi connectivity index (χ0n) is 11.1. The normalized spacial score (nSPS) is 10.3. The van der Waals surface area contributed by atoms with Crippen LogP contribution in [0.4, 0.5) is 5.69 Å². The molecular weight excluding hydrogens is 276 g/mol. The van der Waals surface area contributed by atoms with E-state index >= 15 is 0 Å². The number of rotatable bonds is 5. The molecular formula is C15H15ClN2O2. The van der Waals surface area contributed by atoms with E-state index in [2.05, 4.69) is 9.88 Å². The Morgan fingerprint density at radius 1 is 1.30 bits per heavy atom. The number of halogens is 1. The molecule has 0 saturated carbocycles. The maximum absolute atomic E-state index is 10.9. The van der Waals surface area contributed by atoms with Crippen LogP contribution in [-0.4, -0.2) is 22.6 Å². The fourth-order valence-corrected chi connectivity index (χ4v) is 2.27. The van der Waals surface area contributed by atoms with Crippen LogP contribution in [0.5, 0.6) is 0 Å². The van der Waals surface area contributed by atoms with E-state index in [0.29, 0.717) is 11.6 Å². The van der Waals surface area contributed by atoms with E-state index in [1.807, 2.05) is 19.1 Å². The van der Waals surface area contributed by atoms with Gasteiger partial charge in [-0.25, -0.2) is 4.79 Å². The number of nitrogens with zero attached hydrogens (tertiary/aromatic N) is 2. The molecule has 1 aromatic carbocycles. The summed E-state index contributed by atoms with van der Waals surface area (Å²) in [5, 5.41) is 9.40. The Hall–Kier alpha value is -2.07. The summed E-state index contributed by atoms with van der Waals surface area (Å²) in [6.07, 6.45) is 3.50. The van der Waals surface area contributed by atoms with E-state index in [-0.39, 0.29) is 5.56 Å². The summed E-state index contributed by atoms with van der Waals surface area (Å²) in [7, 11) is 0. The van der Waals surface area contributed by atoms with Gasteiger partial charge in [0.2, 0.25) is 0 Å². The minimum absolute atomic E-state index is 0.193. The third-order valence-electron chi connectivity index (χ3n) is 3.04. The maximum atomic E-state index is 10.9. The molecule has 0 fully saturated rings. The van der Waals surface area contributed by atoms with E-state index in [9.17, 15) is 4.79 Å². The Morgan fingerprint density at radius 2 is 2.00 bits per heavy atom. The SMILES string of the molecule is CCN(Cc1ccncc1)c1ccc(C(=O)O)cc1Cl. The highest BCUT2D eigenvalue weighted by Gasteiger charge is 2.12. The second-order valence-corrected chi connectivity index (χ2v) is 4.75. The van der Waals surface area contributed by atoms with Crippen LogP contribution in [0.25, 0.3) is 0 Å². The molecule has 0 unspecified atom stereocenters. The zero-order valence-corrected chi connectivity index (χ0v) is 11.8. The number of carbonyl (C=O) groups is 1. The molecule has 0 atom stereocenters. The first-order valence-electron chi connectivity index (χ1n) is 6.28. The molecule has 1 heterocycles. The van der Waals surface area contributed by atoms with Crippen LogP contribution in [0.15, 0.2) is 42.7 Å². The third kappa shape index (κ3) is 3.27. The highest BCUT2D eigenvalue weighted by atomic mass is 35.5. The lowest BCUT2D eigenvalue weighted by Gasteiger charge is -2.24. The molecule has 0 radical (unpaired) electrons.